The highest BCUT2D eigenvalue weighted by Crippen LogP contribution is 2.32. The van der Waals surface area contributed by atoms with Gasteiger partial charge in [0.05, 0.1) is 4.92 Å². The van der Waals surface area contributed by atoms with Gasteiger partial charge in [-0.25, -0.2) is 13.2 Å². The van der Waals surface area contributed by atoms with E-state index in [0.29, 0.717) is 0 Å². The highest BCUT2D eigenvalue weighted by Gasteiger charge is 2.25. The van der Waals surface area contributed by atoms with E-state index in [-0.39, 0.29) is 5.56 Å². The summed E-state index contributed by atoms with van der Waals surface area (Å²) >= 11 is 0. The van der Waals surface area contributed by atoms with Crippen LogP contribution in [-0.4, -0.2) is 4.92 Å². The molecule has 76 valence electrons. The fraction of sp³-hybridized carbons (Fsp3) is 0.250. The van der Waals surface area contributed by atoms with Crippen LogP contribution in [0.4, 0.5) is 18.9 Å². The van der Waals surface area contributed by atoms with Crippen LogP contribution in [-0.2, 0) is 0 Å². The van der Waals surface area contributed by atoms with Crippen molar-refractivity contribution in [2.24, 2.45) is 0 Å². The Labute approximate surface area is 77.3 Å². The zero-order valence-corrected chi connectivity index (χ0v) is 7.13. The zero-order valence-electron chi connectivity index (χ0n) is 7.13. The molecule has 14 heavy (non-hydrogen) atoms. The minimum Gasteiger partial charge on any atom is -0.258 e. The quantitative estimate of drug-likeness (QED) is 0.550. The highest BCUT2D eigenvalue weighted by atomic mass is 19.3. The van der Waals surface area contributed by atoms with E-state index in [0.717, 1.165) is 19.1 Å². The van der Waals surface area contributed by atoms with Crippen molar-refractivity contribution < 1.29 is 18.1 Å². The van der Waals surface area contributed by atoms with Crippen molar-refractivity contribution >= 4 is 5.69 Å². The average molecular weight is 205 g/mol. The number of nitrogens with zero attached hydrogens (tertiary/aromatic N) is 1. The van der Waals surface area contributed by atoms with Crippen molar-refractivity contribution in [3.63, 3.8) is 0 Å². The molecule has 3 nitrogen and oxygen atoms in total. The number of benzene rings is 1. The molecule has 0 heterocycles. The molecule has 0 bridgehead atoms. The van der Waals surface area contributed by atoms with E-state index in [1.165, 1.54) is 0 Å². The first-order valence-electron chi connectivity index (χ1n) is 3.66. The second-order valence-electron chi connectivity index (χ2n) is 2.66. The first-order valence-corrected chi connectivity index (χ1v) is 3.66. The third-order valence-corrected chi connectivity index (χ3v) is 1.84. The van der Waals surface area contributed by atoms with E-state index in [9.17, 15) is 23.3 Å². The molecular weight excluding hydrogens is 199 g/mol. The van der Waals surface area contributed by atoms with E-state index >= 15 is 0 Å². The van der Waals surface area contributed by atoms with Gasteiger partial charge in [-0.2, -0.15) is 0 Å². The van der Waals surface area contributed by atoms with Crippen molar-refractivity contribution in [2.75, 3.05) is 0 Å². The number of hydrogen-bond acceptors (Lipinski definition) is 2. The molecule has 0 saturated heterocycles. The lowest BCUT2D eigenvalue weighted by molar-refractivity contribution is -0.386. The number of nitro benzene ring substituents is 1. The van der Waals surface area contributed by atoms with Gasteiger partial charge in [0.1, 0.15) is 11.4 Å². The molecule has 0 N–H and O–H groups in total. The van der Waals surface area contributed by atoms with Crippen LogP contribution in [0, 0.1) is 22.9 Å². The lowest BCUT2D eigenvalue weighted by Gasteiger charge is -2.05. The van der Waals surface area contributed by atoms with E-state index in [4.69, 9.17) is 0 Å². The summed E-state index contributed by atoms with van der Waals surface area (Å²) in [7, 11) is 0. The third kappa shape index (κ3) is 1.68. The Hall–Kier alpha value is -1.59. The Morgan fingerprint density at radius 3 is 2.43 bits per heavy atom. The Morgan fingerprint density at radius 2 is 2.00 bits per heavy atom. The SMILES string of the molecule is Cc1c(F)ccc([N+](=O)[O-])c1C(F)F. The summed E-state index contributed by atoms with van der Waals surface area (Å²) in [6.45, 7) is 1.09. The first-order chi connectivity index (χ1) is 6.45. The van der Waals surface area contributed by atoms with Crippen LogP contribution in [0.2, 0.25) is 0 Å². The molecule has 0 unspecified atom stereocenters. The Bertz CT molecular complexity index is 379. The van der Waals surface area contributed by atoms with Crippen LogP contribution < -0.4 is 0 Å². The molecule has 1 aromatic rings. The molecule has 1 rings (SSSR count). The van der Waals surface area contributed by atoms with Gasteiger partial charge in [-0.15, -0.1) is 0 Å². The second-order valence-corrected chi connectivity index (χ2v) is 2.66. The molecule has 0 aliphatic rings. The zero-order chi connectivity index (χ0) is 10.9. The van der Waals surface area contributed by atoms with Crippen molar-refractivity contribution in [2.45, 2.75) is 13.3 Å². The molecule has 0 aliphatic heterocycles. The van der Waals surface area contributed by atoms with Gasteiger partial charge in [0.15, 0.2) is 0 Å². The van der Waals surface area contributed by atoms with Crippen LogP contribution >= 0.6 is 0 Å². The summed E-state index contributed by atoms with van der Waals surface area (Å²) in [5.41, 5.74) is -1.98. The smallest absolute Gasteiger partial charge is 0.258 e. The third-order valence-electron chi connectivity index (χ3n) is 1.84. The number of halogens is 3. The molecule has 0 spiro atoms. The summed E-state index contributed by atoms with van der Waals surface area (Å²) < 4.78 is 37.5. The number of alkyl halides is 2. The fourth-order valence-electron chi connectivity index (χ4n) is 1.12. The first kappa shape index (κ1) is 10.5. The van der Waals surface area contributed by atoms with E-state index < -0.39 is 28.4 Å². The number of rotatable bonds is 2. The summed E-state index contributed by atoms with van der Waals surface area (Å²) in [5.74, 6) is -0.870. The van der Waals surface area contributed by atoms with Crippen LogP contribution in [0.15, 0.2) is 12.1 Å². The van der Waals surface area contributed by atoms with E-state index in [2.05, 4.69) is 0 Å². The van der Waals surface area contributed by atoms with Crippen LogP contribution in [0.1, 0.15) is 17.6 Å². The fourth-order valence-corrected chi connectivity index (χ4v) is 1.12. The molecule has 0 aliphatic carbocycles. The minimum atomic E-state index is -3.05. The molecule has 0 radical (unpaired) electrons. The lowest BCUT2D eigenvalue weighted by Crippen LogP contribution is -2.00. The van der Waals surface area contributed by atoms with Gasteiger partial charge >= 0.3 is 0 Å². The summed E-state index contributed by atoms with van der Waals surface area (Å²) in [4.78, 5) is 9.39. The minimum absolute atomic E-state index is 0.380. The maximum atomic E-state index is 12.8. The summed E-state index contributed by atoms with van der Waals surface area (Å²) in [5, 5.41) is 10.3. The topological polar surface area (TPSA) is 43.1 Å². The van der Waals surface area contributed by atoms with Crippen LogP contribution in [0.25, 0.3) is 0 Å². The maximum absolute atomic E-state index is 12.8. The van der Waals surface area contributed by atoms with Gasteiger partial charge in [-0.05, 0) is 13.0 Å². The lowest BCUT2D eigenvalue weighted by atomic mass is 10.1. The molecule has 6 heteroatoms. The molecule has 1 aromatic carbocycles. The van der Waals surface area contributed by atoms with Crippen LogP contribution in [0.5, 0.6) is 0 Å². The van der Waals surface area contributed by atoms with Gasteiger partial charge < -0.3 is 0 Å². The van der Waals surface area contributed by atoms with Crippen molar-refractivity contribution in [1.29, 1.82) is 0 Å². The average Bonchev–Trinajstić information content (AvgIpc) is 2.08. The van der Waals surface area contributed by atoms with Gasteiger partial charge in [0.2, 0.25) is 0 Å². The van der Waals surface area contributed by atoms with Crippen molar-refractivity contribution in [3.05, 3.63) is 39.2 Å². The normalized spacial score (nSPS) is 10.6. The molecule has 0 atom stereocenters. The van der Waals surface area contributed by atoms with E-state index in [1.807, 2.05) is 0 Å². The summed E-state index contributed by atoms with van der Waals surface area (Å²) in [6.07, 6.45) is -3.05. The number of nitro groups is 1. The van der Waals surface area contributed by atoms with Gasteiger partial charge in [-0.1, -0.05) is 0 Å². The van der Waals surface area contributed by atoms with Crippen LogP contribution in [0.3, 0.4) is 0 Å². The summed E-state index contributed by atoms with van der Waals surface area (Å²) in [6, 6.07) is 1.54. The standard InChI is InChI=1S/C8H6F3NO2/c1-4-5(9)2-3-6(12(13)14)7(4)8(10)11/h2-3,8H,1H3. The molecule has 0 saturated carbocycles. The monoisotopic (exact) mass is 205 g/mol. The Kier molecular flexibility index (Phi) is 2.73. The molecule has 0 amide bonds. The Balaban J connectivity index is 3.45. The number of hydrogen-bond donors (Lipinski definition) is 0. The van der Waals surface area contributed by atoms with Gasteiger partial charge in [0, 0.05) is 11.6 Å². The van der Waals surface area contributed by atoms with Gasteiger partial charge in [0.25, 0.3) is 12.1 Å². The Morgan fingerprint density at radius 1 is 1.43 bits per heavy atom. The molecule has 0 fully saturated rings. The largest absolute Gasteiger partial charge is 0.278 e. The van der Waals surface area contributed by atoms with Crippen molar-refractivity contribution in [3.8, 4) is 0 Å². The highest BCUT2D eigenvalue weighted by molar-refractivity contribution is 5.46. The predicted molar refractivity (Wildman–Crippen MR) is 42.7 cm³/mol. The second kappa shape index (κ2) is 3.65. The molecule has 0 aromatic heterocycles. The van der Waals surface area contributed by atoms with E-state index in [1.54, 1.807) is 0 Å². The molecular formula is C8H6F3NO2. The van der Waals surface area contributed by atoms with Gasteiger partial charge in [-0.3, -0.25) is 10.1 Å². The maximum Gasteiger partial charge on any atom is 0.278 e. The van der Waals surface area contributed by atoms with Crippen molar-refractivity contribution in [1.82, 2.24) is 0 Å². The predicted octanol–water partition coefficient (Wildman–Crippen LogP) is 2.98.